The van der Waals surface area contributed by atoms with Gasteiger partial charge in [-0.3, -0.25) is 14.4 Å². The van der Waals surface area contributed by atoms with E-state index in [1.54, 1.807) is 36.4 Å². The summed E-state index contributed by atoms with van der Waals surface area (Å²) < 4.78 is 20.3. The molecule has 1 saturated heterocycles. The van der Waals surface area contributed by atoms with Gasteiger partial charge in [0, 0.05) is 24.2 Å². The zero-order valence-corrected chi connectivity index (χ0v) is 21.2. The van der Waals surface area contributed by atoms with E-state index in [9.17, 15) is 24.0 Å². The number of Topliss-reactive ketones (excluding diaryl/α,β-unsaturated/α-hetero) is 1. The van der Waals surface area contributed by atoms with Gasteiger partial charge in [-0.1, -0.05) is 6.07 Å². The summed E-state index contributed by atoms with van der Waals surface area (Å²) in [7, 11) is 2.77. The van der Waals surface area contributed by atoms with Crippen LogP contribution in [-0.2, 0) is 19.1 Å². The third kappa shape index (κ3) is 6.48. The minimum atomic E-state index is -0.732. The molecule has 1 heterocycles. The Kier molecular flexibility index (Phi) is 8.35. The van der Waals surface area contributed by atoms with Crippen molar-refractivity contribution in [1.82, 2.24) is 0 Å². The molecule has 200 valence electrons. The normalized spacial score (nSPS) is 14.5. The minimum absolute atomic E-state index is 0.0564. The predicted molar refractivity (Wildman–Crippen MR) is 138 cm³/mol. The van der Waals surface area contributed by atoms with Crippen molar-refractivity contribution in [2.75, 3.05) is 32.3 Å². The van der Waals surface area contributed by atoms with E-state index >= 15 is 0 Å². The molecule has 39 heavy (non-hydrogen) atoms. The number of benzene rings is 3. The van der Waals surface area contributed by atoms with Crippen LogP contribution in [0.15, 0.2) is 72.8 Å². The highest BCUT2D eigenvalue weighted by Crippen LogP contribution is 2.26. The highest BCUT2D eigenvalue weighted by atomic mass is 16.5. The van der Waals surface area contributed by atoms with Gasteiger partial charge in [-0.2, -0.15) is 0 Å². The van der Waals surface area contributed by atoms with Gasteiger partial charge in [-0.25, -0.2) is 9.59 Å². The number of hydrogen-bond donors (Lipinski definition) is 0. The van der Waals surface area contributed by atoms with Crippen LogP contribution in [0.25, 0.3) is 0 Å². The molecule has 1 amide bonds. The smallest absolute Gasteiger partial charge is 0.343 e. The molecule has 0 N–H and O–H groups in total. The van der Waals surface area contributed by atoms with Crippen LogP contribution in [0.5, 0.6) is 11.5 Å². The lowest BCUT2D eigenvalue weighted by Crippen LogP contribution is -2.27. The Bertz CT molecular complexity index is 1400. The van der Waals surface area contributed by atoms with Gasteiger partial charge in [0.2, 0.25) is 5.91 Å². The van der Waals surface area contributed by atoms with Crippen molar-refractivity contribution in [2.45, 2.75) is 6.42 Å². The Balaban J connectivity index is 1.28. The number of amides is 1. The molecule has 0 aromatic heterocycles. The van der Waals surface area contributed by atoms with E-state index in [0.29, 0.717) is 22.6 Å². The summed E-state index contributed by atoms with van der Waals surface area (Å²) in [5.74, 6) is -2.43. The van der Waals surface area contributed by atoms with Crippen molar-refractivity contribution < 1.29 is 42.9 Å². The maximum Gasteiger partial charge on any atom is 0.343 e. The summed E-state index contributed by atoms with van der Waals surface area (Å²) in [6.45, 7) is -0.406. The lowest BCUT2D eigenvalue weighted by Gasteiger charge is -2.16. The molecule has 0 spiro atoms. The first kappa shape index (κ1) is 27.1. The number of ether oxygens (including phenoxy) is 4. The van der Waals surface area contributed by atoms with Gasteiger partial charge in [0.15, 0.2) is 12.4 Å². The summed E-state index contributed by atoms with van der Waals surface area (Å²) >= 11 is 0. The topological polar surface area (TPSA) is 126 Å². The molecule has 1 aliphatic rings. The highest BCUT2D eigenvalue weighted by Gasteiger charge is 2.36. The van der Waals surface area contributed by atoms with E-state index in [1.165, 1.54) is 55.5 Å². The number of esters is 3. The van der Waals surface area contributed by atoms with Crippen LogP contribution in [0, 0.1) is 5.92 Å². The summed E-state index contributed by atoms with van der Waals surface area (Å²) in [6, 6.07) is 18.6. The maximum atomic E-state index is 12.6. The number of carbonyl (C=O) groups excluding carboxylic acids is 5. The van der Waals surface area contributed by atoms with Crippen LogP contribution in [-0.4, -0.2) is 57.0 Å². The number of methoxy groups -OCH3 is 2. The van der Waals surface area contributed by atoms with Crippen molar-refractivity contribution in [3.8, 4) is 11.5 Å². The Labute approximate surface area is 224 Å². The lowest BCUT2D eigenvalue weighted by molar-refractivity contribution is -0.147. The highest BCUT2D eigenvalue weighted by molar-refractivity contribution is 6.01. The van der Waals surface area contributed by atoms with Crippen molar-refractivity contribution >= 4 is 35.3 Å². The Morgan fingerprint density at radius 2 is 1.51 bits per heavy atom. The quantitative estimate of drug-likeness (QED) is 0.232. The SMILES string of the molecule is COC(=O)c1ccc(N2C[C@H](C(=O)OCC(=O)c3ccc(OC(=O)c4cccc(OC)c4)cc3)CC2=O)cc1. The average Bonchev–Trinajstić information content (AvgIpc) is 3.37. The minimum Gasteiger partial charge on any atom is -0.497 e. The van der Waals surface area contributed by atoms with Crippen molar-refractivity contribution in [3.05, 3.63) is 89.5 Å². The van der Waals surface area contributed by atoms with Crippen LogP contribution >= 0.6 is 0 Å². The average molecular weight is 532 g/mol. The third-order valence-electron chi connectivity index (χ3n) is 6.10. The zero-order valence-electron chi connectivity index (χ0n) is 21.2. The van der Waals surface area contributed by atoms with E-state index in [0.717, 1.165) is 0 Å². The van der Waals surface area contributed by atoms with Gasteiger partial charge in [-0.15, -0.1) is 0 Å². The molecule has 1 fully saturated rings. The van der Waals surface area contributed by atoms with E-state index in [-0.39, 0.29) is 30.2 Å². The summed E-state index contributed by atoms with van der Waals surface area (Å²) in [5.41, 5.74) is 1.44. The molecule has 4 rings (SSSR count). The standard InChI is InChI=1S/C29H25NO9/c1-36-24-5-3-4-20(14-24)29(35)39-23-12-8-18(9-13-23)25(31)17-38-28(34)21-15-26(32)30(16-21)22-10-6-19(7-11-22)27(33)37-2/h3-14,21H,15-17H2,1-2H3/t21-/m1/s1. The van der Waals surface area contributed by atoms with Gasteiger partial charge < -0.3 is 23.8 Å². The number of rotatable bonds is 9. The largest absolute Gasteiger partial charge is 0.497 e. The molecule has 0 aliphatic carbocycles. The molecule has 3 aromatic carbocycles. The van der Waals surface area contributed by atoms with Crippen molar-refractivity contribution in [1.29, 1.82) is 0 Å². The fraction of sp³-hybridized carbons (Fsp3) is 0.207. The molecule has 3 aromatic rings. The second-order valence-corrected chi connectivity index (χ2v) is 8.62. The molecule has 1 aliphatic heterocycles. The fourth-order valence-corrected chi connectivity index (χ4v) is 3.97. The number of carbonyl (C=O) groups is 5. The molecule has 0 saturated carbocycles. The molecule has 0 unspecified atom stereocenters. The first-order chi connectivity index (χ1) is 18.8. The number of nitrogens with zero attached hydrogens (tertiary/aromatic N) is 1. The van der Waals surface area contributed by atoms with Crippen LogP contribution in [0.4, 0.5) is 5.69 Å². The predicted octanol–water partition coefficient (Wildman–Crippen LogP) is 3.48. The second kappa shape index (κ2) is 12.0. The molecule has 0 bridgehead atoms. The van der Waals surface area contributed by atoms with E-state index in [2.05, 4.69) is 4.74 Å². The van der Waals surface area contributed by atoms with Crippen molar-refractivity contribution in [3.63, 3.8) is 0 Å². The molecule has 1 atom stereocenters. The number of anilines is 1. The van der Waals surface area contributed by atoms with Gasteiger partial charge in [0.25, 0.3) is 0 Å². The monoisotopic (exact) mass is 531 g/mol. The van der Waals surface area contributed by atoms with Gasteiger partial charge in [0.1, 0.15) is 11.5 Å². The Morgan fingerprint density at radius 1 is 0.821 bits per heavy atom. The molecule has 0 radical (unpaired) electrons. The van der Waals surface area contributed by atoms with Gasteiger partial charge >= 0.3 is 17.9 Å². The summed E-state index contributed by atoms with van der Waals surface area (Å²) in [6.07, 6.45) is -0.0564. The first-order valence-electron chi connectivity index (χ1n) is 11.9. The van der Waals surface area contributed by atoms with E-state index in [1.807, 2.05) is 0 Å². The van der Waals surface area contributed by atoms with Gasteiger partial charge in [-0.05, 0) is 66.7 Å². The van der Waals surface area contributed by atoms with Crippen LogP contribution < -0.4 is 14.4 Å². The van der Waals surface area contributed by atoms with Crippen molar-refractivity contribution in [2.24, 2.45) is 5.92 Å². The lowest BCUT2D eigenvalue weighted by atomic mass is 10.1. The first-order valence-corrected chi connectivity index (χ1v) is 11.9. The number of hydrogen-bond acceptors (Lipinski definition) is 9. The van der Waals surface area contributed by atoms with E-state index in [4.69, 9.17) is 14.2 Å². The molecular weight excluding hydrogens is 506 g/mol. The summed E-state index contributed by atoms with van der Waals surface area (Å²) in [4.78, 5) is 62.9. The molecular formula is C29H25NO9. The third-order valence-corrected chi connectivity index (χ3v) is 6.10. The Hall–Kier alpha value is -4.99. The van der Waals surface area contributed by atoms with Gasteiger partial charge in [0.05, 0.1) is 31.3 Å². The maximum absolute atomic E-state index is 12.6. The van der Waals surface area contributed by atoms with Crippen LogP contribution in [0.1, 0.15) is 37.5 Å². The van der Waals surface area contributed by atoms with Crippen LogP contribution in [0.2, 0.25) is 0 Å². The molecule has 10 nitrogen and oxygen atoms in total. The zero-order chi connectivity index (χ0) is 27.9. The molecule has 10 heteroatoms. The second-order valence-electron chi connectivity index (χ2n) is 8.62. The summed E-state index contributed by atoms with van der Waals surface area (Å²) in [5, 5.41) is 0. The number of ketones is 1. The van der Waals surface area contributed by atoms with Crippen LogP contribution in [0.3, 0.4) is 0 Å². The fourth-order valence-electron chi connectivity index (χ4n) is 3.97. The van der Waals surface area contributed by atoms with E-state index < -0.39 is 36.2 Å². The Morgan fingerprint density at radius 3 is 2.18 bits per heavy atom.